The van der Waals surface area contributed by atoms with Crippen molar-refractivity contribution in [3.8, 4) is 0 Å². The summed E-state index contributed by atoms with van der Waals surface area (Å²) in [4.78, 5) is 17.6. The maximum atomic E-state index is 11.8. The maximum absolute atomic E-state index is 11.8. The minimum Gasteiger partial charge on any atom is -0.397 e. The number of rotatable bonds is 6. The number of unbranched alkanes of at least 4 members (excludes halogenated alkanes) is 3. The van der Waals surface area contributed by atoms with Gasteiger partial charge in [-0.1, -0.05) is 26.2 Å². The van der Waals surface area contributed by atoms with E-state index >= 15 is 0 Å². The molecule has 0 aliphatic rings. The molecule has 0 spiro atoms. The number of nitrogens with two attached hydrogens (primary N) is 1. The molecule has 1 rings (SSSR count). The van der Waals surface area contributed by atoms with E-state index in [2.05, 4.69) is 11.9 Å². The molecule has 4 heteroatoms. The SMILES string of the molecule is CCCCCCC(=O)N(C)c1ccc(N)cn1. The highest BCUT2D eigenvalue weighted by Crippen LogP contribution is 2.13. The lowest BCUT2D eigenvalue weighted by Gasteiger charge is -2.16. The quantitative estimate of drug-likeness (QED) is 0.771. The summed E-state index contributed by atoms with van der Waals surface area (Å²) >= 11 is 0. The third-order valence-electron chi connectivity index (χ3n) is 2.73. The van der Waals surface area contributed by atoms with E-state index in [0.29, 0.717) is 17.9 Å². The number of amides is 1. The van der Waals surface area contributed by atoms with Gasteiger partial charge in [-0.2, -0.15) is 0 Å². The highest BCUT2D eigenvalue weighted by atomic mass is 16.2. The van der Waals surface area contributed by atoms with Gasteiger partial charge in [-0.15, -0.1) is 0 Å². The van der Waals surface area contributed by atoms with Crippen molar-refractivity contribution >= 4 is 17.4 Å². The Bertz CT molecular complexity index is 348. The van der Waals surface area contributed by atoms with Gasteiger partial charge in [0.25, 0.3) is 0 Å². The molecular weight excluding hydrogens is 214 g/mol. The molecule has 0 bridgehead atoms. The molecule has 2 N–H and O–H groups in total. The van der Waals surface area contributed by atoms with E-state index < -0.39 is 0 Å². The number of carbonyl (C=O) groups excluding carboxylic acids is 1. The molecule has 0 fully saturated rings. The molecular formula is C13H21N3O. The number of hydrogen-bond donors (Lipinski definition) is 1. The van der Waals surface area contributed by atoms with E-state index in [-0.39, 0.29) is 5.91 Å². The normalized spacial score (nSPS) is 10.2. The minimum atomic E-state index is 0.110. The largest absolute Gasteiger partial charge is 0.397 e. The summed E-state index contributed by atoms with van der Waals surface area (Å²) in [6, 6.07) is 3.52. The standard InChI is InChI=1S/C13H21N3O/c1-3-4-5-6-7-13(17)16(2)12-9-8-11(14)10-15-12/h8-10H,3-7,14H2,1-2H3. The van der Waals surface area contributed by atoms with Crippen LogP contribution in [0.1, 0.15) is 39.0 Å². The summed E-state index contributed by atoms with van der Waals surface area (Å²) < 4.78 is 0. The minimum absolute atomic E-state index is 0.110. The van der Waals surface area contributed by atoms with Crippen molar-refractivity contribution in [3.63, 3.8) is 0 Å². The molecule has 1 aromatic heterocycles. The van der Waals surface area contributed by atoms with Crippen LogP contribution < -0.4 is 10.6 Å². The molecule has 1 aromatic rings. The van der Waals surface area contributed by atoms with Crippen molar-refractivity contribution in [2.75, 3.05) is 17.7 Å². The van der Waals surface area contributed by atoms with Crippen LogP contribution in [0.25, 0.3) is 0 Å². The Balaban J connectivity index is 2.43. The highest BCUT2D eigenvalue weighted by Gasteiger charge is 2.10. The van der Waals surface area contributed by atoms with E-state index in [1.807, 2.05) is 0 Å². The molecule has 17 heavy (non-hydrogen) atoms. The van der Waals surface area contributed by atoms with Gasteiger partial charge in [-0.3, -0.25) is 9.69 Å². The fourth-order valence-electron chi connectivity index (χ4n) is 1.59. The number of hydrogen-bond acceptors (Lipinski definition) is 3. The molecule has 94 valence electrons. The van der Waals surface area contributed by atoms with E-state index in [1.165, 1.54) is 12.8 Å². The number of nitrogen functional groups attached to an aromatic ring is 1. The summed E-state index contributed by atoms with van der Waals surface area (Å²) in [6.07, 6.45) is 6.59. The van der Waals surface area contributed by atoms with Crippen molar-refractivity contribution in [2.24, 2.45) is 0 Å². The molecule has 0 atom stereocenters. The second-order valence-electron chi connectivity index (χ2n) is 4.21. The first-order chi connectivity index (χ1) is 8.15. The zero-order valence-electron chi connectivity index (χ0n) is 10.6. The highest BCUT2D eigenvalue weighted by molar-refractivity contribution is 5.91. The van der Waals surface area contributed by atoms with Crippen LogP contribution in [0.15, 0.2) is 18.3 Å². The van der Waals surface area contributed by atoms with Gasteiger partial charge in [0.15, 0.2) is 0 Å². The van der Waals surface area contributed by atoms with Crippen LogP contribution in [0.5, 0.6) is 0 Å². The topological polar surface area (TPSA) is 59.2 Å². The first-order valence-corrected chi connectivity index (χ1v) is 6.13. The van der Waals surface area contributed by atoms with Crippen LogP contribution in [0.2, 0.25) is 0 Å². The molecule has 0 aliphatic carbocycles. The number of pyridine rings is 1. The van der Waals surface area contributed by atoms with E-state index in [4.69, 9.17) is 5.73 Å². The van der Waals surface area contributed by atoms with Gasteiger partial charge < -0.3 is 5.73 Å². The van der Waals surface area contributed by atoms with Gasteiger partial charge in [-0.05, 0) is 18.6 Å². The Morgan fingerprint density at radius 1 is 1.35 bits per heavy atom. The van der Waals surface area contributed by atoms with Gasteiger partial charge in [0.05, 0.1) is 11.9 Å². The summed E-state index contributed by atoms with van der Waals surface area (Å²) in [5.41, 5.74) is 6.16. The van der Waals surface area contributed by atoms with Crippen LogP contribution in [0.4, 0.5) is 11.5 Å². The third kappa shape index (κ3) is 4.43. The van der Waals surface area contributed by atoms with Gasteiger partial charge in [-0.25, -0.2) is 4.98 Å². The van der Waals surface area contributed by atoms with Crippen LogP contribution in [-0.4, -0.2) is 17.9 Å². The summed E-state index contributed by atoms with van der Waals surface area (Å²) in [5.74, 6) is 0.762. The second-order valence-corrected chi connectivity index (χ2v) is 4.21. The van der Waals surface area contributed by atoms with E-state index in [0.717, 1.165) is 12.8 Å². The Kier molecular flexibility index (Phi) is 5.46. The molecule has 0 aromatic carbocycles. The predicted molar refractivity (Wildman–Crippen MR) is 70.8 cm³/mol. The van der Waals surface area contributed by atoms with E-state index in [9.17, 15) is 4.79 Å². The fourth-order valence-corrected chi connectivity index (χ4v) is 1.59. The summed E-state index contributed by atoms with van der Waals surface area (Å²) in [6.45, 7) is 2.16. The van der Waals surface area contributed by atoms with Gasteiger partial charge in [0.1, 0.15) is 5.82 Å². The van der Waals surface area contributed by atoms with Crippen LogP contribution in [0, 0.1) is 0 Å². The van der Waals surface area contributed by atoms with Crippen LogP contribution in [0.3, 0.4) is 0 Å². The maximum Gasteiger partial charge on any atom is 0.227 e. The van der Waals surface area contributed by atoms with Crippen molar-refractivity contribution in [3.05, 3.63) is 18.3 Å². The second kappa shape index (κ2) is 6.89. The van der Waals surface area contributed by atoms with Crippen molar-refractivity contribution in [1.82, 2.24) is 4.98 Å². The molecule has 1 heterocycles. The first kappa shape index (κ1) is 13.5. The lowest BCUT2D eigenvalue weighted by atomic mass is 10.1. The first-order valence-electron chi connectivity index (χ1n) is 6.13. The van der Waals surface area contributed by atoms with Gasteiger partial charge in [0.2, 0.25) is 5.91 Å². The molecule has 1 amide bonds. The average molecular weight is 235 g/mol. The Labute approximate surface area is 103 Å². The third-order valence-corrected chi connectivity index (χ3v) is 2.73. The lowest BCUT2D eigenvalue weighted by molar-refractivity contribution is -0.118. The Morgan fingerprint density at radius 3 is 2.71 bits per heavy atom. The van der Waals surface area contributed by atoms with Crippen molar-refractivity contribution in [2.45, 2.75) is 39.0 Å². The monoisotopic (exact) mass is 235 g/mol. The van der Waals surface area contributed by atoms with Crippen LogP contribution in [-0.2, 0) is 4.79 Å². The molecule has 0 saturated heterocycles. The number of nitrogens with zero attached hydrogens (tertiary/aromatic N) is 2. The zero-order chi connectivity index (χ0) is 12.7. The summed E-state index contributed by atoms with van der Waals surface area (Å²) in [7, 11) is 1.75. The predicted octanol–water partition coefficient (Wildman–Crippen LogP) is 2.60. The molecule has 0 saturated carbocycles. The molecule has 4 nitrogen and oxygen atoms in total. The zero-order valence-corrected chi connectivity index (χ0v) is 10.6. The number of aromatic nitrogens is 1. The average Bonchev–Trinajstić information content (AvgIpc) is 2.34. The Morgan fingerprint density at radius 2 is 2.12 bits per heavy atom. The molecule has 0 unspecified atom stereocenters. The molecule has 0 radical (unpaired) electrons. The van der Waals surface area contributed by atoms with Crippen molar-refractivity contribution < 1.29 is 4.79 Å². The van der Waals surface area contributed by atoms with Crippen LogP contribution >= 0.6 is 0 Å². The summed E-state index contributed by atoms with van der Waals surface area (Å²) in [5, 5.41) is 0. The number of carbonyl (C=O) groups is 1. The fraction of sp³-hybridized carbons (Fsp3) is 0.538. The van der Waals surface area contributed by atoms with E-state index in [1.54, 1.807) is 30.3 Å². The molecule has 0 aliphatic heterocycles. The lowest BCUT2D eigenvalue weighted by Crippen LogP contribution is -2.26. The van der Waals surface area contributed by atoms with Crippen molar-refractivity contribution in [1.29, 1.82) is 0 Å². The van der Waals surface area contributed by atoms with Gasteiger partial charge in [0, 0.05) is 13.5 Å². The smallest absolute Gasteiger partial charge is 0.227 e. The Hall–Kier alpha value is -1.58. The van der Waals surface area contributed by atoms with Gasteiger partial charge >= 0.3 is 0 Å². The number of anilines is 2.